The van der Waals surface area contributed by atoms with Gasteiger partial charge in [-0.3, -0.25) is 0 Å². The lowest BCUT2D eigenvalue weighted by atomic mass is 9.80. The molecular weight excluding hydrogens is 504 g/mol. The van der Waals surface area contributed by atoms with Gasteiger partial charge in [0.2, 0.25) is 0 Å². The molecule has 0 saturated carbocycles. The molecule has 0 bridgehead atoms. The van der Waals surface area contributed by atoms with Crippen LogP contribution < -0.4 is 0 Å². The summed E-state index contributed by atoms with van der Waals surface area (Å²) in [6.07, 6.45) is 0. The maximum Gasteiger partial charge on any atom is 0.160 e. The topological polar surface area (TPSA) is 25.8 Å². The number of fused-ring (bicyclic) bond motifs is 6. The van der Waals surface area contributed by atoms with Crippen LogP contribution in [-0.4, -0.2) is 9.97 Å². The van der Waals surface area contributed by atoms with Gasteiger partial charge in [0.05, 0.1) is 11.4 Å². The first-order chi connectivity index (χ1) is 19.6. The largest absolute Gasteiger partial charge is 0.228 e. The minimum absolute atomic E-state index is 0.193. The highest BCUT2D eigenvalue weighted by atomic mass is 32.1. The van der Waals surface area contributed by atoms with Gasteiger partial charge in [-0.05, 0) is 28.8 Å². The van der Waals surface area contributed by atoms with Crippen molar-refractivity contribution in [1.82, 2.24) is 9.97 Å². The summed E-state index contributed by atoms with van der Waals surface area (Å²) in [7, 11) is 0. The predicted octanol–water partition coefficient (Wildman–Crippen LogP) is 10.2. The zero-order valence-electron chi connectivity index (χ0n) is 22.3. The molecule has 1 aliphatic carbocycles. The summed E-state index contributed by atoms with van der Waals surface area (Å²) in [5.74, 6) is 0.765. The average molecular weight is 531 g/mol. The van der Waals surface area contributed by atoms with Gasteiger partial charge in [0.25, 0.3) is 0 Å². The summed E-state index contributed by atoms with van der Waals surface area (Å²) in [6.45, 7) is 4.59. The van der Waals surface area contributed by atoms with Crippen molar-refractivity contribution in [2.24, 2.45) is 0 Å². The van der Waals surface area contributed by atoms with Crippen molar-refractivity contribution in [2.75, 3.05) is 0 Å². The summed E-state index contributed by atoms with van der Waals surface area (Å²) < 4.78 is 2.66. The maximum atomic E-state index is 5.22. The molecule has 0 fully saturated rings. The van der Waals surface area contributed by atoms with Crippen molar-refractivity contribution in [1.29, 1.82) is 0 Å². The van der Waals surface area contributed by atoms with Crippen LogP contribution in [0.2, 0.25) is 0 Å². The van der Waals surface area contributed by atoms with Crippen LogP contribution in [0.15, 0.2) is 121 Å². The predicted molar refractivity (Wildman–Crippen MR) is 169 cm³/mol. The lowest BCUT2D eigenvalue weighted by Crippen LogP contribution is -2.17. The van der Waals surface area contributed by atoms with Gasteiger partial charge in [-0.25, -0.2) is 9.97 Å². The number of thiophene rings is 1. The minimum atomic E-state index is -0.193. The number of hydrogen-bond donors (Lipinski definition) is 0. The molecule has 0 radical (unpaired) electrons. The minimum Gasteiger partial charge on any atom is -0.228 e. The van der Waals surface area contributed by atoms with Crippen LogP contribution in [0.4, 0.5) is 0 Å². The summed E-state index contributed by atoms with van der Waals surface area (Å²) in [5, 5.41) is 2.66. The van der Waals surface area contributed by atoms with E-state index in [2.05, 4.69) is 117 Å². The fourth-order valence-corrected chi connectivity index (χ4v) is 7.41. The van der Waals surface area contributed by atoms with Gasteiger partial charge in [0.1, 0.15) is 0 Å². The second-order valence-corrected chi connectivity index (χ2v) is 12.1. The number of benzene rings is 5. The lowest BCUT2D eigenvalue weighted by molar-refractivity contribution is 0.658. The van der Waals surface area contributed by atoms with E-state index in [4.69, 9.17) is 9.97 Å². The van der Waals surface area contributed by atoms with Crippen molar-refractivity contribution < 1.29 is 0 Å². The normalized spacial score (nSPS) is 13.4. The third kappa shape index (κ3) is 3.48. The molecule has 5 aromatic carbocycles. The Labute approximate surface area is 237 Å². The van der Waals surface area contributed by atoms with E-state index in [0.29, 0.717) is 0 Å². The fraction of sp³-hybridized carbons (Fsp3) is 0.0811. The van der Waals surface area contributed by atoms with Crippen molar-refractivity contribution in [3.05, 3.63) is 132 Å². The molecule has 7 aromatic rings. The number of nitrogens with zero attached hydrogens (tertiary/aromatic N) is 2. The van der Waals surface area contributed by atoms with Gasteiger partial charge in [0, 0.05) is 47.8 Å². The maximum absolute atomic E-state index is 5.22. The van der Waals surface area contributed by atoms with E-state index in [-0.39, 0.29) is 5.41 Å². The Morgan fingerprint density at radius 3 is 2.02 bits per heavy atom. The molecule has 1 aliphatic rings. The Morgan fingerprint density at radius 1 is 0.525 bits per heavy atom. The Bertz CT molecular complexity index is 2070. The van der Waals surface area contributed by atoms with Gasteiger partial charge in [-0.15, -0.1) is 11.3 Å². The Kier molecular flexibility index (Phi) is 5.07. The molecule has 8 rings (SSSR count). The van der Waals surface area contributed by atoms with Crippen molar-refractivity contribution in [2.45, 2.75) is 19.3 Å². The first-order valence-electron chi connectivity index (χ1n) is 13.7. The smallest absolute Gasteiger partial charge is 0.160 e. The third-order valence-electron chi connectivity index (χ3n) is 8.29. The van der Waals surface area contributed by atoms with Gasteiger partial charge < -0.3 is 0 Å². The Morgan fingerprint density at radius 2 is 1.18 bits per heavy atom. The highest BCUT2D eigenvalue weighted by Crippen LogP contribution is 2.51. The molecule has 0 unspecified atom stereocenters. The summed E-state index contributed by atoms with van der Waals surface area (Å²) in [4.78, 5) is 10.4. The van der Waals surface area contributed by atoms with E-state index in [9.17, 15) is 0 Å². The molecule has 2 nitrogen and oxygen atoms in total. The molecule has 190 valence electrons. The van der Waals surface area contributed by atoms with Crippen molar-refractivity contribution in [3.63, 3.8) is 0 Å². The highest BCUT2D eigenvalue weighted by molar-refractivity contribution is 7.25. The van der Waals surface area contributed by atoms with Crippen molar-refractivity contribution >= 4 is 31.5 Å². The molecule has 0 N–H and O–H groups in total. The summed E-state index contributed by atoms with van der Waals surface area (Å²) in [6, 6.07) is 43.4. The van der Waals surface area contributed by atoms with E-state index in [0.717, 1.165) is 28.3 Å². The Hall–Kier alpha value is -4.60. The van der Waals surface area contributed by atoms with Gasteiger partial charge >= 0.3 is 0 Å². The van der Waals surface area contributed by atoms with E-state index in [1.807, 2.05) is 29.5 Å². The van der Waals surface area contributed by atoms with E-state index in [1.54, 1.807) is 0 Å². The summed E-state index contributed by atoms with van der Waals surface area (Å²) >= 11 is 1.86. The molecule has 0 amide bonds. The third-order valence-corrected chi connectivity index (χ3v) is 9.43. The number of hydrogen-bond acceptors (Lipinski definition) is 3. The zero-order chi connectivity index (χ0) is 26.8. The second kappa shape index (κ2) is 8.70. The van der Waals surface area contributed by atoms with Crippen LogP contribution in [-0.2, 0) is 5.41 Å². The van der Waals surface area contributed by atoms with Gasteiger partial charge in [-0.2, -0.15) is 0 Å². The van der Waals surface area contributed by atoms with Crippen LogP contribution in [0, 0.1) is 0 Å². The molecule has 3 heteroatoms. The monoisotopic (exact) mass is 530 g/mol. The molecule has 0 atom stereocenters. The van der Waals surface area contributed by atoms with Gasteiger partial charge in [0.15, 0.2) is 5.82 Å². The van der Waals surface area contributed by atoms with Crippen LogP contribution in [0.3, 0.4) is 0 Å². The summed E-state index contributed by atoms with van der Waals surface area (Å²) in [5.41, 5.74) is 10.2. The Balaban J connectivity index is 1.27. The van der Waals surface area contributed by atoms with Crippen LogP contribution in [0.25, 0.3) is 65.2 Å². The number of aromatic nitrogens is 2. The molecule has 0 saturated heterocycles. The van der Waals surface area contributed by atoms with Crippen LogP contribution in [0.5, 0.6) is 0 Å². The zero-order valence-corrected chi connectivity index (χ0v) is 23.2. The van der Waals surface area contributed by atoms with Gasteiger partial charge in [-0.1, -0.05) is 123 Å². The molecule has 2 aromatic heterocycles. The van der Waals surface area contributed by atoms with Crippen LogP contribution in [0.1, 0.15) is 25.0 Å². The quantitative estimate of drug-likeness (QED) is 0.227. The van der Waals surface area contributed by atoms with Crippen molar-refractivity contribution in [3.8, 4) is 45.0 Å². The molecule has 0 aliphatic heterocycles. The van der Waals surface area contributed by atoms with Crippen LogP contribution >= 0.6 is 11.3 Å². The lowest BCUT2D eigenvalue weighted by Gasteiger charge is -2.24. The molecular formula is C37H26N2S. The highest BCUT2D eigenvalue weighted by Gasteiger charge is 2.39. The second-order valence-electron chi connectivity index (χ2n) is 11.0. The molecule has 2 heterocycles. The average Bonchev–Trinajstić information content (AvgIpc) is 3.49. The standard InChI is InChI=1S/C37H26N2S/c1-37(2)30-14-8-6-13-29(30)35-33(37)34(38-36(39-35)25-10-4-3-5-11-25)24-18-16-23(17-19-24)26-20-21-28-27-12-7-9-15-31(27)40-32(28)22-26/h3-22H,1-2H3. The van der Waals surface area contributed by atoms with E-state index in [1.165, 1.54) is 48.0 Å². The fourth-order valence-electron chi connectivity index (χ4n) is 6.27. The molecule has 40 heavy (non-hydrogen) atoms. The number of rotatable bonds is 3. The molecule has 0 spiro atoms. The SMILES string of the molecule is CC1(C)c2ccccc2-c2nc(-c3ccccc3)nc(-c3ccc(-c4ccc5c(c4)sc4ccccc45)cc3)c21. The first kappa shape index (κ1) is 23.3. The van der Waals surface area contributed by atoms with E-state index >= 15 is 0 Å². The van der Waals surface area contributed by atoms with E-state index < -0.39 is 0 Å². The first-order valence-corrected chi connectivity index (χ1v) is 14.5.